The SMILES string of the molecule is Cn1cc(-c2nnc(SCCCN3C[C@@H]4CC4(c4ccc(Br)cc4)C3)n2C)c(C(F)(F)F)n1. The summed E-state index contributed by atoms with van der Waals surface area (Å²) in [7, 11) is 3.16. The Kier molecular flexibility index (Phi) is 5.85. The van der Waals surface area contributed by atoms with Gasteiger partial charge in [0.15, 0.2) is 16.7 Å². The number of benzene rings is 1. The Morgan fingerprint density at radius 1 is 1.18 bits per heavy atom. The minimum absolute atomic E-state index is 0.0543. The zero-order valence-corrected chi connectivity index (χ0v) is 20.7. The van der Waals surface area contributed by atoms with Crippen molar-refractivity contribution < 1.29 is 13.2 Å². The van der Waals surface area contributed by atoms with E-state index in [9.17, 15) is 13.2 Å². The lowest BCUT2D eigenvalue weighted by Crippen LogP contribution is -2.27. The highest BCUT2D eigenvalue weighted by Gasteiger charge is 2.60. The first kappa shape index (κ1) is 22.9. The minimum Gasteiger partial charge on any atom is -0.305 e. The van der Waals surface area contributed by atoms with E-state index < -0.39 is 11.9 Å². The number of halogens is 4. The van der Waals surface area contributed by atoms with Crippen molar-refractivity contribution in [2.24, 2.45) is 20.0 Å². The lowest BCUT2D eigenvalue weighted by Gasteiger charge is -2.21. The number of alkyl halides is 3. The van der Waals surface area contributed by atoms with E-state index in [0.717, 1.165) is 46.9 Å². The van der Waals surface area contributed by atoms with Gasteiger partial charge in [-0.2, -0.15) is 18.3 Å². The summed E-state index contributed by atoms with van der Waals surface area (Å²) in [4.78, 5) is 2.53. The second-order valence-corrected chi connectivity index (χ2v) is 10.9. The molecule has 0 spiro atoms. The Balaban J connectivity index is 1.16. The van der Waals surface area contributed by atoms with Crippen LogP contribution >= 0.6 is 27.7 Å². The van der Waals surface area contributed by atoms with Gasteiger partial charge in [-0.15, -0.1) is 10.2 Å². The maximum Gasteiger partial charge on any atom is 0.435 e. The maximum absolute atomic E-state index is 13.3. The number of hydrogen-bond donors (Lipinski definition) is 0. The predicted molar refractivity (Wildman–Crippen MR) is 124 cm³/mol. The van der Waals surface area contributed by atoms with Crippen LogP contribution in [0.1, 0.15) is 24.1 Å². The van der Waals surface area contributed by atoms with Gasteiger partial charge in [-0.3, -0.25) is 4.68 Å². The van der Waals surface area contributed by atoms with Gasteiger partial charge >= 0.3 is 6.18 Å². The normalized spacial score (nSPS) is 22.7. The molecule has 2 fully saturated rings. The molecule has 2 aromatic heterocycles. The van der Waals surface area contributed by atoms with Crippen molar-refractivity contribution in [3.8, 4) is 11.4 Å². The molecule has 33 heavy (non-hydrogen) atoms. The van der Waals surface area contributed by atoms with Gasteiger partial charge in [0.2, 0.25) is 0 Å². The van der Waals surface area contributed by atoms with Gasteiger partial charge in [0.1, 0.15) is 0 Å². The van der Waals surface area contributed by atoms with Crippen LogP contribution in [0.5, 0.6) is 0 Å². The van der Waals surface area contributed by atoms with Crippen LogP contribution in [-0.2, 0) is 25.7 Å². The Bertz CT molecular complexity index is 1160. The molecule has 1 aliphatic carbocycles. The number of aryl methyl sites for hydroxylation is 1. The van der Waals surface area contributed by atoms with Gasteiger partial charge in [-0.1, -0.05) is 39.8 Å². The number of likely N-dealkylation sites (tertiary alicyclic amines) is 1. The van der Waals surface area contributed by atoms with E-state index in [0.29, 0.717) is 10.6 Å². The third-order valence-electron chi connectivity index (χ3n) is 6.66. The molecule has 3 aromatic rings. The van der Waals surface area contributed by atoms with E-state index in [1.165, 1.54) is 37.0 Å². The zero-order chi connectivity index (χ0) is 23.4. The average molecular weight is 541 g/mol. The summed E-state index contributed by atoms with van der Waals surface area (Å²) in [6, 6.07) is 8.72. The Labute approximate surface area is 202 Å². The third-order valence-corrected chi connectivity index (χ3v) is 8.29. The van der Waals surface area contributed by atoms with Gasteiger partial charge in [0.05, 0.1) is 5.56 Å². The summed E-state index contributed by atoms with van der Waals surface area (Å²) >= 11 is 5.04. The quantitative estimate of drug-likeness (QED) is 0.319. The van der Waals surface area contributed by atoms with Gasteiger partial charge in [-0.25, -0.2) is 0 Å². The molecule has 5 rings (SSSR count). The van der Waals surface area contributed by atoms with Crippen LogP contribution in [-0.4, -0.2) is 54.8 Å². The number of thioether (sulfide) groups is 1. The summed E-state index contributed by atoms with van der Waals surface area (Å²) in [5.41, 5.74) is 0.769. The minimum atomic E-state index is -4.54. The third kappa shape index (κ3) is 4.35. The highest BCUT2D eigenvalue weighted by atomic mass is 79.9. The van der Waals surface area contributed by atoms with E-state index in [-0.39, 0.29) is 11.4 Å². The Morgan fingerprint density at radius 2 is 1.94 bits per heavy atom. The fourth-order valence-electron chi connectivity index (χ4n) is 4.97. The summed E-state index contributed by atoms with van der Waals surface area (Å²) < 4.78 is 43.8. The van der Waals surface area contributed by atoms with Gasteiger partial charge in [-0.05, 0) is 43.0 Å². The molecule has 2 aliphatic rings. The molecular weight excluding hydrogens is 517 g/mol. The van der Waals surface area contributed by atoms with Crippen molar-refractivity contribution in [3.05, 3.63) is 46.2 Å². The van der Waals surface area contributed by atoms with Crippen molar-refractivity contribution in [1.82, 2.24) is 29.4 Å². The molecule has 0 radical (unpaired) electrons. The first-order valence-electron chi connectivity index (χ1n) is 10.8. The molecule has 2 atom stereocenters. The molecule has 0 N–H and O–H groups in total. The van der Waals surface area contributed by atoms with Crippen molar-refractivity contribution >= 4 is 27.7 Å². The van der Waals surface area contributed by atoms with Crippen molar-refractivity contribution in [2.75, 3.05) is 25.4 Å². The summed E-state index contributed by atoms with van der Waals surface area (Å²) in [6.07, 6.45) is -0.951. The van der Waals surface area contributed by atoms with E-state index in [2.05, 4.69) is 60.4 Å². The second kappa shape index (κ2) is 8.42. The van der Waals surface area contributed by atoms with E-state index in [1.807, 2.05) is 0 Å². The zero-order valence-electron chi connectivity index (χ0n) is 18.3. The number of rotatable bonds is 7. The van der Waals surface area contributed by atoms with Gasteiger partial charge in [0, 0.05) is 49.0 Å². The summed E-state index contributed by atoms with van der Waals surface area (Å²) in [5, 5.41) is 12.3. The second-order valence-electron chi connectivity index (χ2n) is 8.93. The van der Waals surface area contributed by atoms with Gasteiger partial charge < -0.3 is 9.47 Å². The molecule has 1 saturated carbocycles. The molecule has 11 heteroatoms. The highest BCUT2D eigenvalue weighted by Crippen LogP contribution is 2.59. The molecule has 3 heterocycles. The molecule has 0 amide bonds. The standard InChI is InChI=1S/C22H24BrF3N6S/c1-30-12-17(18(29-30)22(24,25)26)19-27-28-20(31(19)2)33-9-3-8-32-11-15-10-21(15,13-32)14-4-6-16(23)7-5-14/h4-7,12,15H,3,8-11,13H2,1-2H3/t15-,21?/m0/s1. The topological polar surface area (TPSA) is 51.8 Å². The largest absolute Gasteiger partial charge is 0.435 e. The van der Waals surface area contributed by atoms with E-state index in [4.69, 9.17) is 0 Å². The Hall–Kier alpha value is -1.85. The van der Waals surface area contributed by atoms with Crippen LogP contribution in [0.3, 0.4) is 0 Å². The summed E-state index contributed by atoms with van der Waals surface area (Å²) in [5.74, 6) is 1.75. The summed E-state index contributed by atoms with van der Waals surface area (Å²) in [6.45, 7) is 3.24. The molecule has 1 aliphatic heterocycles. The van der Waals surface area contributed by atoms with E-state index in [1.54, 1.807) is 11.6 Å². The first-order chi connectivity index (χ1) is 15.7. The fourth-order valence-corrected chi connectivity index (χ4v) is 6.07. The maximum atomic E-state index is 13.3. The predicted octanol–water partition coefficient (Wildman–Crippen LogP) is 4.75. The van der Waals surface area contributed by atoms with Crippen LogP contribution < -0.4 is 0 Å². The number of fused-ring (bicyclic) bond motifs is 1. The molecule has 1 aromatic carbocycles. The van der Waals surface area contributed by atoms with Crippen molar-refractivity contribution in [3.63, 3.8) is 0 Å². The smallest absolute Gasteiger partial charge is 0.305 e. The van der Waals surface area contributed by atoms with E-state index >= 15 is 0 Å². The fraction of sp³-hybridized carbons (Fsp3) is 0.500. The molecule has 1 saturated heterocycles. The van der Waals surface area contributed by atoms with Crippen LogP contribution in [0.2, 0.25) is 0 Å². The molecule has 0 bridgehead atoms. The van der Waals surface area contributed by atoms with Gasteiger partial charge in [0.25, 0.3) is 0 Å². The Morgan fingerprint density at radius 3 is 2.67 bits per heavy atom. The number of piperidine rings is 1. The van der Waals surface area contributed by atoms with Crippen LogP contribution in [0.15, 0.2) is 40.1 Å². The van der Waals surface area contributed by atoms with Crippen molar-refractivity contribution in [2.45, 2.75) is 29.6 Å². The first-order valence-corrected chi connectivity index (χ1v) is 12.6. The van der Waals surface area contributed by atoms with Crippen LogP contribution in [0.25, 0.3) is 11.4 Å². The lowest BCUT2D eigenvalue weighted by molar-refractivity contribution is -0.141. The number of nitrogens with zero attached hydrogens (tertiary/aromatic N) is 6. The lowest BCUT2D eigenvalue weighted by atomic mass is 9.95. The van der Waals surface area contributed by atoms with Crippen molar-refractivity contribution in [1.29, 1.82) is 0 Å². The highest BCUT2D eigenvalue weighted by molar-refractivity contribution is 9.10. The molecule has 176 valence electrons. The number of aromatic nitrogens is 5. The number of hydrogen-bond acceptors (Lipinski definition) is 5. The van der Waals surface area contributed by atoms with Crippen LogP contribution in [0.4, 0.5) is 13.2 Å². The molecule has 1 unspecified atom stereocenters. The molecule has 6 nitrogen and oxygen atoms in total. The average Bonchev–Trinajstić information content (AvgIpc) is 3.06. The molecular formula is C22H24BrF3N6S. The van der Waals surface area contributed by atoms with Crippen LogP contribution in [0, 0.1) is 5.92 Å². The monoisotopic (exact) mass is 540 g/mol.